The van der Waals surface area contributed by atoms with Gasteiger partial charge in [-0.25, -0.2) is 0 Å². The number of hydrogen-bond acceptors (Lipinski definition) is 2. The third-order valence-electron chi connectivity index (χ3n) is 5.66. The SMILES string of the molecule is CC1(C)C2CCC1(C1CC1)C(O)C2N. The zero-order valence-corrected chi connectivity index (χ0v) is 9.16. The van der Waals surface area contributed by atoms with Crippen LogP contribution in [0.3, 0.4) is 0 Å². The summed E-state index contributed by atoms with van der Waals surface area (Å²) in [5, 5.41) is 10.4. The molecule has 0 spiro atoms. The molecule has 3 saturated carbocycles. The zero-order valence-electron chi connectivity index (χ0n) is 9.16. The Labute approximate surface area is 85.9 Å². The maximum Gasteiger partial charge on any atom is 0.0757 e. The van der Waals surface area contributed by atoms with Gasteiger partial charge < -0.3 is 10.8 Å². The molecule has 14 heavy (non-hydrogen) atoms. The molecule has 3 aliphatic carbocycles. The number of rotatable bonds is 1. The lowest BCUT2D eigenvalue weighted by molar-refractivity contribution is -0.0272. The van der Waals surface area contributed by atoms with E-state index in [2.05, 4.69) is 13.8 Å². The number of aliphatic hydroxyl groups is 1. The van der Waals surface area contributed by atoms with Crippen LogP contribution in [0.5, 0.6) is 0 Å². The van der Waals surface area contributed by atoms with Gasteiger partial charge in [-0.2, -0.15) is 0 Å². The maximum absolute atomic E-state index is 10.4. The van der Waals surface area contributed by atoms with Crippen molar-refractivity contribution < 1.29 is 5.11 Å². The van der Waals surface area contributed by atoms with Gasteiger partial charge in [-0.05, 0) is 42.9 Å². The molecular weight excluding hydrogens is 174 g/mol. The summed E-state index contributed by atoms with van der Waals surface area (Å²) in [5.41, 5.74) is 6.59. The van der Waals surface area contributed by atoms with E-state index in [0.717, 1.165) is 5.92 Å². The third kappa shape index (κ3) is 0.737. The molecule has 0 aromatic heterocycles. The molecule has 3 fully saturated rings. The van der Waals surface area contributed by atoms with Crippen molar-refractivity contribution in [3.05, 3.63) is 0 Å². The molecule has 2 nitrogen and oxygen atoms in total. The standard InChI is InChI=1S/C12H21NO/c1-11(2)8-5-6-12(11,7-3-4-7)10(14)9(8)13/h7-10,14H,3-6,13H2,1-2H3. The average Bonchev–Trinajstić information content (AvgIpc) is 2.87. The van der Waals surface area contributed by atoms with Crippen molar-refractivity contribution in [2.75, 3.05) is 0 Å². The van der Waals surface area contributed by atoms with Crippen LogP contribution in [0, 0.1) is 22.7 Å². The van der Waals surface area contributed by atoms with E-state index in [-0.39, 0.29) is 23.0 Å². The highest BCUT2D eigenvalue weighted by Gasteiger charge is 2.71. The van der Waals surface area contributed by atoms with E-state index < -0.39 is 0 Å². The quantitative estimate of drug-likeness (QED) is 0.666. The van der Waals surface area contributed by atoms with E-state index >= 15 is 0 Å². The second-order valence-electron chi connectivity index (χ2n) is 6.20. The summed E-state index contributed by atoms with van der Waals surface area (Å²) in [6, 6.07) is 0.0411. The summed E-state index contributed by atoms with van der Waals surface area (Å²) < 4.78 is 0. The lowest BCUT2D eigenvalue weighted by atomic mass is 9.65. The third-order valence-corrected chi connectivity index (χ3v) is 5.66. The first-order valence-electron chi connectivity index (χ1n) is 5.95. The minimum Gasteiger partial charge on any atom is -0.391 e. The fraction of sp³-hybridized carbons (Fsp3) is 1.00. The molecule has 0 heterocycles. The van der Waals surface area contributed by atoms with Crippen LogP contribution in [0.4, 0.5) is 0 Å². The highest BCUT2D eigenvalue weighted by Crippen LogP contribution is 2.72. The summed E-state index contributed by atoms with van der Waals surface area (Å²) >= 11 is 0. The average molecular weight is 195 g/mol. The van der Waals surface area contributed by atoms with Crippen LogP contribution in [0.1, 0.15) is 39.5 Å². The Morgan fingerprint density at radius 3 is 2.29 bits per heavy atom. The van der Waals surface area contributed by atoms with E-state index in [1.54, 1.807) is 0 Å². The molecule has 0 saturated heterocycles. The van der Waals surface area contributed by atoms with Crippen LogP contribution < -0.4 is 5.73 Å². The molecular formula is C12H21NO. The first kappa shape index (κ1) is 9.17. The van der Waals surface area contributed by atoms with Crippen molar-refractivity contribution in [2.24, 2.45) is 28.4 Å². The fourth-order valence-electron chi connectivity index (χ4n) is 4.76. The van der Waals surface area contributed by atoms with Crippen LogP contribution >= 0.6 is 0 Å². The van der Waals surface area contributed by atoms with Gasteiger partial charge in [0.15, 0.2) is 0 Å². The maximum atomic E-state index is 10.4. The first-order chi connectivity index (χ1) is 6.52. The highest BCUT2D eigenvalue weighted by atomic mass is 16.3. The Bertz CT molecular complexity index is 271. The molecule has 2 heteroatoms. The molecule has 0 aliphatic heterocycles. The summed E-state index contributed by atoms with van der Waals surface area (Å²) in [5.74, 6) is 1.32. The van der Waals surface area contributed by atoms with Gasteiger partial charge in [0.2, 0.25) is 0 Å². The van der Waals surface area contributed by atoms with Crippen molar-refractivity contribution in [1.29, 1.82) is 0 Å². The lowest BCUT2D eigenvalue weighted by Gasteiger charge is -2.41. The minimum absolute atomic E-state index is 0.0411. The molecule has 4 atom stereocenters. The molecule has 3 N–H and O–H groups in total. The molecule has 3 aliphatic rings. The van der Waals surface area contributed by atoms with Crippen molar-refractivity contribution in [1.82, 2.24) is 0 Å². The van der Waals surface area contributed by atoms with E-state index in [9.17, 15) is 5.11 Å². The Hall–Kier alpha value is -0.0800. The van der Waals surface area contributed by atoms with Crippen LogP contribution in [0.2, 0.25) is 0 Å². The summed E-state index contributed by atoms with van der Waals surface area (Å²) in [7, 11) is 0. The van der Waals surface area contributed by atoms with Crippen molar-refractivity contribution >= 4 is 0 Å². The fourth-order valence-corrected chi connectivity index (χ4v) is 4.76. The number of fused-ring (bicyclic) bond motifs is 2. The molecule has 80 valence electrons. The van der Waals surface area contributed by atoms with Crippen LogP contribution in [-0.4, -0.2) is 17.3 Å². The topological polar surface area (TPSA) is 46.2 Å². The van der Waals surface area contributed by atoms with Gasteiger partial charge in [0, 0.05) is 11.5 Å². The van der Waals surface area contributed by atoms with Crippen LogP contribution in [0.25, 0.3) is 0 Å². The smallest absolute Gasteiger partial charge is 0.0757 e. The molecule has 2 bridgehead atoms. The largest absolute Gasteiger partial charge is 0.391 e. The van der Waals surface area contributed by atoms with Crippen molar-refractivity contribution in [3.63, 3.8) is 0 Å². The summed E-state index contributed by atoms with van der Waals surface area (Å²) in [4.78, 5) is 0. The van der Waals surface area contributed by atoms with Gasteiger partial charge in [0.1, 0.15) is 0 Å². The second-order valence-corrected chi connectivity index (χ2v) is 6.20. The van der Waals surface area contributed by atoms with Gasteiger partial charge >= 0.3 is 0 Å². The van der Waals surface area contributed by atoms with Crippen molar-refractivity contribution in [2.45, 2.75) is 51.7 Å². The Kier molecular flexibility index (Phi) is 1.54. The highest BCUT2D eigenvalue weighted by molar-refractivity contribution is 5.21. The van der Waals surface area contributed by atoms with Gasteiger partial charge in [-0.15, -0.1) is 0 Å². The number of nitrogens with two attached hydrogens (primary N) is 1. The van der Waals surface area contributed by atoms with E-state index in [4.69, 9.17) is 5.73 Å². The van der Waals surface area contributed by atoms with Gasteiger partial charge in [0.05, 0.1) is 6.10 Å². The second kappa shape index (κ2) is 2.35. The minimum atomic E-state index is -0.233. The molecule has 0 aromatic carbocycles. The van der Waals surface area contributed by atoms with Gasteiger partial charge in [-0.1, -0.05) is 13.8 Å². The zero-order chi connectivity index (χ0) is 10.1. The number of aliphatic hydroxyl groups excluding tert-OH is 1. The monoisotopic (exact) mass is 195 g/mol. The van der Waals surface area contributed by atoms with Crippen LogP contribution in [0.15, 0.2) is 0 Å². The van der Waals surface area contributed by atoms with Crippen molar-refractivity contribution in [3.8, 4) is 0 Å². The lowest BCUT2D eigenvalue weighted by Crippen LogP contribution is -2.46. The first-order valence-corrected chi connectivity index (χ1v) is 5.95. The normalized spacial score (nSPS) is 55.3. The van der Waals surface area contributed by atoms with E-state index in [1.165, 1.54) is 25.7 Å². The van der Waals surface area contributed by atoms with E-state index in [0.29, 0.717) is 5.92 Å². The van der Waals surface area contributed by atoms with Crippen LogP contribution in [-0.2, 0) is 0 Å². The van der Waals surface area contributed by atoms with E-state index in [1.807, 2.05) is 0 Å². The Balaban J connectivity index is 2.08. The molecule has 0 aromatic rings. The number of hydrogen-bond donors (Lipinski definition) is 2. The Morgan fingerprint density at radius 2 is 1.86 bits per heavy atom. The molecule has 4 unspecified atom stereocenters. The molecule has 3 rings (SSSR count). The predicted octanol–water partition coefficient (Wildman–Crippen LogP) is 1.52. The Morgan fingerprint density at radius 1 is 1.21 bits per heavy atom. The van der Waals surface area contributed by atoms with Gasteiger partial charge in [-0.3, -0.25) is 0 Å². The molecule has 0 amide bonds. The summed E-state index contributed by atoms with van der Waals surface area (Å²) in [6.07, 6.45) is 4.86. The summed E-state index contributed by atoms with van der Waals surface area (Å²) in [6.45, 7) is 4.66. The predicted molar refractivity (Wildman–Crippen MR) is 55.6 cm³/mol. The molecule has 0 radical (unpaired) electrons. The van der Waals surface area contributed by atoms with Gasteiger partial charge in [0.25, 0.3) is 0 Å².